The highest BCUT2D eigenvalue weighted by Crippen LogP contribution is 2.14. The summed E-state index contributed by atoms with van der Waals surface area (Å²) in [7, 11) is 0. The van der Waals surface area contributed by atoms with Crippen LogP contribution in [0.3, 0.4) is 0 Å². The van der Waals surface area contributed by atoms with E-state index in [2.05, 4.69) is 64.7 Å². The van der Waals surface area contributed by atoms with Crippen molar-refractivity contribution in [1.29, 1.82) is 0 Å². The monoisotopic (exact) mass is 289 g/mol. The van der Waals surface area contributed by atoms with Crippen LogP contribution >= 0.6 is 0 Å². The highest BCUT2D eigenvalue weighted by atomic mass is 14.8. The van der Waals surface area contributed by atoms with Gasteiger partial charge >= 0.3 is 0 Å². The van der Waals surface area contributed by atoms with Crippen molar-refractivity contribution < 1.29 is 0 Å². The van der Waals surface area contributed by atoms with Crippen LogP contribution in [0.5, 0.6) is 0 Å². The fourth-order valence-electron chi connectivity index (χ4n) is 2.26. The second-order valence-corrected chi connectivity index (χ2v) is 6.62. The first-order valence-electron chi connectivity index (χ1n) is 7.59. The van der Waals surface area contributed by atoms with Gasteiger partial charge in [-0.3, -0.25) is 4.99 Å². The van der Waals surface area contributed by atoms with Crippen LogP contribution in [-0.4, -0.2) is 11.3 Å². The van der Waals surface area contributed by atoms with Crippen molar-refractivity contribution >= 4 is 5.71 Å². The lowest BCUT2D eigenvalue weighted by molar-refractivity contribution is 0.585. The van der Waals surface area contributed by atoms with E-state index in [4.69, 9.17) is 4.99 Å². The van der Waals surface area contributed by atoms with Gasteiger partial charge in [0.15, 0.2) is 0 Å². The van der Waals surface area contributed by atoms with Crippen molar-refractivity contribution in [3.63, 3.8) is 0 Å². The average Bonchev–Trinajstić information content (AvgIpc) is 2.42. The third kappa shape index (κ3) is 4.90. The van der Waals surface area contributed by atoms with Crippen LogP contribution in [0.1, 0.15) is 43.0 Å². The van der Waals surface area contributed by atoms with Gasteiger partial charge in [-0.2, -0.15) is 0 Å². The molecule has 2 aromatic carbocycles. The van der Waals surface area contributed by atoms with E-state index in [9.17, 15) is 0 Å². The van der Waals surface area contributed by atoms with E-state index in [0.29, 0.717) is 0 Å². The summed E-state index contributed by atoms with van der Waals surface area (Å²) in [5, 5.41) is 0. The van der Waals surface area contributed by atoms with Gasteiger partial charge in [0.2, 0.25) is 0 Å². The smallest absolute Gasteiger partial charge is 0.115 e. The summed E-state index contributed by atoms with van der Waals surface area (Å²) in [6, 6.07) is 16.5. The molecule has 22 heavy (non-hydrogen) atoms. The van der Waals surface area contributed by atoms with Crippen molar-refractivity contribution in [2.45, 2.75) is 40.2 Å². The second kappa shape index (κ2) is 6.62. The first-order valence-corrected chi connectivity index (χ1v) is 7.59. The Morgan fingerprint density at radius 2 is 1.50 bits per heavy atom. The molecular weight excluding hydrogens is 266 g/mol. The summed E-state index contributed by atoms with van der Waals surface area (Å²) < 4.78 is 0. The standard InChI is InChI=1S/C21H23N/c1-16-13-17(2)15-19(14-16)20(22-21(3,4)5)12-11-18-9-7-6-8-10-18/h6-10,13-15H,1-5H3. The molecule has 0 radical (unpaired) electrons. The van der Waals surface area contributed by atoms with E-state index < -0.39 is 0 Å². The first kappa shape index (κ1) is 16.0. The molecule has 2 aromatic rings. The van der Waals surface area contributed by atoms with Crippen LogP contribution in [0, 0.1) is 25.7 Å². The molecule has 0 unspecified atom stereocenters. The van der Waals surface area contributed by atoms with Crippen molar-refractivity contribution in [2.75, 3.05) is 0 Å². The third-order valence-electron chi connectivity index (χ3n) is 3.04. The van der Waals surface area contributed by atoms with Crippen LogP contribution in [-0.2, 0) is 0 Å². The topological polar surface area (TPSA) is 12.4 Å². The number of nitrogens with zero attached hydrogens (tertiary/aromatic N) is 1. The molecule has 0 aliphatic heterocycles. The minimum absolute atomic E-state index is 0.154. The Hall–Kier alpha value is -2.33. The number of benzene rings is 2. The molecule has 0 aliphatic carbocycles. The van der Waals surface area contributed by atoms with E-state index in [0.717, 1.165) is 16.8 Å². The van der Waals surface area contributed by atoms with E-state index in [1.54, 1.807) is 0 Å². The molecule has 0 saturated carbocycles. The molecule has 0 N–H and O–H groups in total. The molecule has 0 aromatic heterocycles. The third-order valence-corrected chi connectivity index (χ3v) is 3.04. The lowest BCUT2D eigenvalue weighted by Crippen LogP contribution is -2.14. The van der Waals surface area contributed by atoms with Crippen LogP contribution in [0.4, 0.5) is 0 Å². The normalized spacial score (nSPS) is 11.8. The Morgan fingerprint density at radius 3 is 2.05 bits per heavy atom. The van der Waals surface area contributed by atoms with Gasteiger partial charge < -0.3 is 0 Å². The zero-order chi connectivity index (χ0) is 16.2. The SMILES string of the molecule is Cc1cc(C)cc(C(C#Cc2ccccc2)=NC(C)(C)C)c1. The summed E-state index contributed by atoms with van der Waals surface area (Å²) in [6.07, 6.45) is 0. The minimum atomic E-state index is -0.154. The Kier molecular flexibility index (Phi) is 4.83. The highest BCUT2D eigenvalue weighted by Gasteiger charge is 2.11. The van der Waals surface area contributed by atoms with Gasteiger partial charge in [0.1, 0.15) is 5.71 Å². The van der Waals surface area contributed by atoms with Crippen LogP contribution in [0.25, 0.3) is 0 Å². The maximum atomic E-state index is 4.82. The van der Waals surface area contributed by atoms with Gasteiger partial charge in [0, 0.05) is 11.1 Å². The molecule has 0 spiro atoms. The molecule has 0 aliphatic rings. The fraction of sp³-hybridized carbons (Fsp3) is 0.286. The average molecular weight is 289 g/mol. The van der Waals surface area contributed by atoms with Gasteiger partial charge in [0.25, 0.3) is 0 Å². The summed E-state index contributed by atoms with van der Waals surface area (Å²) in [5.41, 5.74) is 5.27. The molecule has 1 nitrogen and oxygen atoms in total. The van der Waals surface area contributed by atoms with Gasteiger partial charge in [0.05, 0.1) is 5.54 Å². The molecular formula is C21H23N. The number of hydrogen-bond donors (Lipinski definition) is 0. The van der Waals surface area contributed by atoms with Gasteiger partial charge in [-0.05, 0) is 64.8 Å². The van der Waals surface area contributed by atoms with Gasteiger partial charge in [-0.25, -0.2) is 0 Å². The summed E-state index contributed by atoms with van der Waals surface area (Å²) >= 11 is 0. The van der Waals surface area contributed by atoms with E-state index in [-0.39, 0.29) is 5.54 Å². The summed E-state index contributed by atoms with van der Waals surface area (Å²) in [4.78, 5) is 4.82. The van der Waals surface area contributed by atoms with E-state index in [1.165, 1.54) is 11.1 Å². The van der Waals surface area contributed by atoms with Crippen molar-refractivity contribution in [3.8, 4) is 11.8 Å². The van der Waals surface area contributed by atoms with Gasteiger partial charge in [-0.15, -0.1) is 0 Å². The molecule has 0 atom stereocenters. The quantitative estimate of drug-likeness (QED) is 0.520. The molecule has 1 heteroatoms. The fourth-order valence-corrected chi connectivity index (χ4v) is 2.26. The lowest BCUT2D eigenvalue weighted by atomic mass is 10.0. The van der Waals surface area contributed by atoms with Crippen molar-refractivity contribution in [3.05, 3.63) is 70.8 Å². The maximum Gasteiger partial charge on any atom is 0.115 e. The summed E-state index contributed by atoms with van der Waals surface area (Å²) in [6.45, 7) is 10.5. The van der Waals surface area contributed by atoms with Crippen LogP contribution < -0.4 is 0 Å². The number of hydrogen-bond acceptors (Lipinski definition) is 1. The Bertz CT molecular complexity index is 715. The van der Waals surface area contributed by atoms with E-state index in [1.807, 2.05) is 30.3 Å². The Balaban J connectivity index is 2.49. The zero-order valence-corrected chi connectivity index (χ0v) is 14.1. The number of aliphatic imine (C=N–C) groups is 1. The predicted octanol–water partition coefficient (Wildman–Crippen LogP) is 4.94. The molecule has 112 valence electrons. The van der Waals surface area contributed by atoms with Crippen LogP contribution in [0.15, 0.2) is 53.5 Å². The maximum absolute atomic E-state index is 4.82. The van der Waals surface area contributed by atoms with Crippen molar-refractivity contribution in [1.82, 2.24) is 0 Å². The molecule has 0 bridgehead atoms. The molecule has 0 saturated heterocycles. The number of rotatable bonds is 1. The Labute approximate surface area is 134 Å². The van der Waals surface area contributed by atoms with Crippen LogP contribution in [0.2, 0.25) is 0 Å². The Morgan fingerprint density at radius 1 is 0.909 bits per heavy atom. The summed E-state index contributed by atoms with van der Waals surface area (Å²) in [5.74, 6) is 6.49. The predicted molar refractivity (Wildman–Crippen MR) is 95.5 cm³/mol. The van der Waals surface area contributed by atoms with E-state index >= 15 is 0 Å². The lowest BCUT2D eigenvalue weighted by Gasteiger charge is -2.14. The number of aryl methyl sites for hydroxylation is 2. The highest BCUT2D eigenvalue weighted by molar-refractivity contribution is 6.13. The zero-order valence-electron chi connectivity index (χ0n) is 14.1. The minimum Gasteiger partial charge on any atom is -0.270 e. The molecule has 0 fully saturated rings. The molecule has 2 rings (SSSR count). The largest absolute Gasteiger partial charge is 0.270 e. The molecule has 0 amide bonds. The molecule has 0 heterocycles. The van der Waals surface area contributed by atoms with Gasteiger partial charge in [-0.1, -0.05) is 41.3 Å². The first-order chi connectivity index (χ1) is 10.3. The second-order valence-electron chi connectivity index (χ2n) is 6.62. The van der Waals surface area contributed by atoms with Crippen molar-refractivity contribution in [2.24, 2.45) is 4.99 Å².